The van der Waals surface area contributed by atoms with Crippen LogP contribution in [0.4, 0.5) is 5.69 Å². The van der Waals surface area contributed by atoms with E-state index in [1.807, 2.05) is 18.2 Å². The minimum Gasteiger partial charge on any atom is -0.480 e. The number of para-hydroxylation sites is 1. The lowest BCUT2D eigenvalue weighted by molar-refractivity contribution is -0.137. The van der Waals surface area contributed by atoms with E-state index in [9.17, 15) is 14.9 Å². The maximum atomic E-state index is 12.4. The smallest absolute Gasteiger partial charge is 0.323 e. The van der Waals surface area contributed by atoms with E-state index in [4.69, 9.17) is 5.11 Å². The normalized spacial score (nSPS) is 11.2. The Morgan fingerprint density at radius 2 is 1.89 bits per heavy atom. The second-order valence-corrected chi connectivity index (χ2v) is 6.67. The Balaban J connectivity index is 1.95. The second kappa shape index (κ2) is 7.89. The molecule has 0 bridgehead atoms. The number of hydrogen-bond acceptors (Lipinski definition) is 3. The molecule has 0 fully saturated rings. The molecule has 1 heterocycles. The number of nitriles is 1. The molecule has 0 saturated carbocycles. The van der Waals surface area contributed by atoms with E-state index in [1.165, 1.54) is 6.08 Å². The summed E-state index contributed by atoms with van der Waals surface area (Å²) in [6.45, 7) is -0.207. The van der Waals surface area contributed by atoms with Gasteiger partial charge in [-0.1, -0.05) is 34.1 Å². The van der Waals surface area contributed by atoms with Gasteiger partial charge in [-0.25, -0.2) is 0 Å². The summed E-state index contributed by atoms with van der Waals surface area (Å²) < 4.78 is 2.45. The number of fused-ring (bicyclic) bond motifs is 1. The van der Waals surface area contributed by atoms with Gasteiger partial charge < -0.3 is 15.0 Å². The van der Waals surface area contributed by atoms with Crippen LogP contribution in [0.25, 0.3) is 17.0 Å². The third-order valence-electron chi connectivity index (χ3n) is 3.89. The monoisotopic (exact) mass is 423 g/mol. The van der Waals surface area contributed by atoms with Gasteiger partial charge in [0.15, 0.2) is 0 Å². The molecule has 2 aromatic carbocycles. The van der Waals surface area contributed by atoms with Crippen LogP contribution < -0.4 is 5.32 Å². The van der Waals surface area contributed by atoms with Crippen LogP contribution in [0.15, 0.2) is 64.8 Å². The van der Waals surface area contributed by atoms with E-state index in [0.717, 1.165) is 15.4 Å². The highest BCUT2D eigenvalue weighted by molar-refractivity contribution is 9.10. The standard InChI is InChI=1S/C20H14BrN3O3/c21-15-5-7-16(8-6-15)23-20(27)13(10-22)9-14-11-24(12-19(25)26)18-4-2-1-3-17(14)18/h1-9,11H,12H2,(H,23,27)(H,25,26)/b13-9-. The first kappa shape index (κ1) is 18.4. The number of benzene rings is 2. The van der Waals surface area contributed by atoms with Gasteiger partial charge in [0.05, 0.1) is 0 Å². The highest BCUT2D eigenvalue weighted by atomic mass is 79.9. The molecule has 0 aliphatic carbocycles. The number of aromatic nitrogens is 1. The predicted molar refractivity (Wildman–Crippen MR) is 106 cm³/mol. The van der Waals surface area contributed by atoms with E-state index >= 15 is 0 Å². The van der Waals surface area contributed by atoms with Crippen molar-refractivity contribution >= 4 is 50.5 Å². The van der Waals surface area contributed by atoms with Gasteiger partial charge in [0.1, 0.15) is 18.2 Å². The number of hydrogen-bond donors (Lipinski definition) is 2. The zero-order valence-corrected chi connectivity index (χ0v) is 15.6. The fourth-order valence-electron chi connectivity index (χ4n) is 2.70. The van der Waals surface area contributed by atoms with Crippen LogP contribution in [0, 0.1) is 11.3 Å². The van der Waals surface area contributed by atoms with E-state index in [2.05, 4.69) is 21.2 Å². The lowest BCUT2D eigenvalue weighted by Gasteiger charge is -2.04. The summed E-state index contributed by atoms with van der Waals surface area (Å²) in [5, 5.41) is 21.9. The fourth-order valence-corrected chi connectivity index (χ4v) is 2.97. The molecule has 6 nitrogen and oxygen atoms in total. The number of halogens is 1. The number of anilines is 1. The van der Waals surface area contributed by atoms with Crippen molar-refractivity contribution in [2.45, 2.75) is 6.54 Å². The van der Waals surface area contributed by atoms with Gasteiger partial charge in [-0.3, -0.25) is 9.59 Å². The second-order valence-electron chi connectivity index (χ2n) is 5.75. The number of carbonyl (C=O) groups excluding carboxylic acids is 1. The molecular weight excluding hydrogens is 410 g/mol. The lowest BCUT2D eigenvalue weighted by atomic mass is 10.1. The fraction of sp³-hybridized carbons (Fsp3) is 0.0500. The number of carboxylic acids is 1. The molecule has 2 N–H and O–H groups in total. The molecule has 134 valence electrons. The Bertz CT molecular complexity index is 1090. The molecule has 27 heavy (non-hydrogen) atoms. The third kappa shape index (κ3) is 4.25. The summed E-state index contributed by atoms with van der Waals surface area (Å²) >= 11 is 3.32. The molecule has 0 spiro atoms. The number of amides is 1. The number of carboxylic acid groups (broad SMARTS) is 1. The summed E-state index contributed by atoms with van der Waals surface area (Å²) in [4.78, 5) is 23.5. The molecule has 7 heteroatoms. The SMILES string of the molecule is N#C/C(=C/c1cn(CC(=O)O)c2ccccc12)C(=O)Nc1ccc(Br)cc1. The molecule has 0 atom stereocenters. The van der Waals surface area contributed by atoms with Gasteiger partial charge in [0, 0.05) is 32.8 Å². The molecule has 1 aromatic heterocycles. The summed E-state index contributed by atoms with van der Waals surface area (Å²) in [6, 6.07) is 16.2. The van der Waals surface area contributed by atoms with E-state index in [0.29, 0.717) is 11.3 Å². The zero-order valence-electron chi connectivity index (χ0n) is 14.0. The van der Waals surface area contributed by atoms with Crippen molar-refractivity contribution in [3.05, 3.63) is 70.3 Å². The van der Waals surface area contributed by atoms with E-state index < -0.39 is 11.9 Å². The van der Waals surface area contributed by atoms with Crippen LogP contribution in [0.2, 0.25) is 0 Å². The van der Waals surface area contributed by atoms with Crippen molar-refractivity contribution in [1.29, 1.82) is 5.26 Å². The number of aliphatic carboxylic acids is 1. The van der Waals surface area contributed by atoms with Crippen molar-refractivity contribution in [3.8, 4) is 6.07 Å². The highest BCUT2D eigenvalue weighted by Gasteiger charge is 2.13. The van der Waals surface area contributed by atoms with Gasteiger partial charge in [-0.05, 0) is 36.4 Å². The molecule has 0 aliphatic rings. The Morgan fingerprint density at radius 1 is 1.19 bits per heavy atom. The highest BCUT2D eigenvalue weighted by Crippen LogP contribution is 2.24. The molecule has 1 amide bonds. The van der Waals surface area contributed by atoms with Crippen LogP contribution in [0.1, 0.15) is 5.56 Å². The molecule has 0 aliphatic heterocycles. The minimum absolute atomic E-state index is 0.0730. The Hall–Kier alpha value is -3.37. The van der Waals surface area contributed by atoms with Crippen molar-refractivity contribution in [1.82, 2.24) is 4.57 Å². The first-order valence-electron chi connectivity index (χ1n) is 7.96. The molecule has 0 saturated heterocycles. The Labute approximate surface area is 163 Å². The Morgan fingerprint density at radius 3 is 2.56 bits per heavy atom. The zero-order chi connectivity index (χ0) is 19.4. The third-order valence-corrected chi connectivity index (χ3v) is 4.42. The van der Waals surface area contributed by atoms with Gasteiger partial charge in [-0.2, -0.15) is 5.26 Å². The summed E-state index contributed by atoms with van der Waals surface area (Å²) in [5.41, 5.74) is 1.82. The molecule has 0 radical (unpaired) electrons. The van der Waals surface area contributed by atoms with E-state index in [-0.39, 0.29) is 12.1 Å². The van der Waals surface area contributed by atoms with Crippen LogP contribution in [-0.2, 0) is 16.1 Å². The number of carbonyl (C=O) groups is 2. The minimum atomic E-state index is -0.972. The van der Waals surface area contributed by atoms with Gasteiger partial charge >= 0.3 is 5.97 Å². The van der Waals surface area contributed by atoms with Crippen molar-refractivity contribution in [2.75, 3.05) is 5.32 Å². The molecule has 3 rings (SSSR count). The average Bonchev–Trinajstić information content (AvgIpc) is 2.98. The van der Waals surface area contributed by atoms with Gasteiger partial charge in [0.25, 0.3) is 5.91 Å². The molecule has 3 aromatic rings. The maximum absolute atomic E-state index is 12.4. The van der Waals surface area contributed by atoms with E-state index in [1.54, 1.807) is 47.2 Å². The predicted octanol–water partition coefficient (Wildman–Crippen LogP) is 4.03. The van der Waals surface area contributed by atoms with Crippen molar-refractivity contribution in [3.63, 3.8) is 0 Å². The molecule has 0 unspecified atom stereocenters. The number of rotatable bonds is 5. The first-order chi connectivity index (χ1) is 13.0. The van der Waals surface area contributed by atoms with Crippen LogP contribution in [0.3, 0.4) is 0 Å². The summed E-state index contributed by atoms with van der Waals surface area (Å²) in [7, 11) is 0. The van der Waals surface area contributed by atoms with Crippen molar-refractivity contribution in [2.24, 2.45) is 0 Å². The van der Waals surface area contributed by atoms with Crippen LogP contribution >= 0.6 is 15.9 Å². The summed E-state index contributed by atoms with van der Waals surface area (Å²) in [6.07, 6.45) is 3.10. The topological polar surface area (TPSA) is 95.1 Å². The van der Waals surface area contributed by atoms with Gasteiger partial charge in [0.2, 0.25) is 0 Å². The van der Waals surface area contributed by atoms with Gasteiger partial charge in [-0.15, -0.1) is 0 Å². The molecular formula is C20H14BrN3O3. The first-order valence-corrected chi connectivity index (χ1v) is 8.75. The quantitative estimate of drug-likeness (QED) is 0.478. The summed E-state index contributed by atoms with van der Waals surface area (Å²) in [5.74, 6) is -1.50. The maximum Gasteiger partial charge on any atom is 0.323 e. The largest absolute Gasteiger partial charge is 0.480 e. The number of nitrogens with one attached hydrogen (secondary N) is 1. The average molecular weight is 424 g/mol. The Kier molecular flexibility index (Phi) is 5.38. The number of nitrogens with zero attached hydrogens (tertiary/aromatic N) is 2. The van der Waals surface area contributed by atoms with Crippen LogP contribution in [0.5, 0.6) is 0 Å². The van der Waals surface area contributed by atoms with Crippen LogP contribution in [-0.4, -0.2) is 21.6 Å². The lowest BCUT2D eigenvalue weighted by Crippen LogP contribution is -2.13. The van der Waals surface area contributed by atoms with Crippen molar-refractivity contribution < 1.29 is 14.7 Å².